The highest BCUT2D eigenvalue weighted by molar-refractivity contribution is 7.92. The van der Waals surface area contributed by atoms with Crippen molar-refractivity contribution in [3.63, 3.8) is 0 Å². The summed E-state index contributed by atoms with van der Waals surface area (Å²) in [5.74, 6) is -0.332. The molecule has 2 N–H and O–H groups in total. The van der Waals surface area contributed by atoms with Gasteiger partial charge < -0.3 is 5.32 Å². The maximum atomic E-state index is 13.2. The molecule has 0 aliphatic heterocycles. The molecule has 0 amide bonds. The van der Waals surface area contributed by atoms with E-state index >= 15 is 0 Å². The number of hydrogen-bond donors (Lipinski definition) is 2. The molecule has 0 saturated carbocycles. The van der Waals surface area contributed by atoms with Crippen LogP contribution in [0.1, 0.15) is 5.56 Å². The Labute approximate surface area is 155 Å². The predicted molar refractivity (Wildman–Crippen MR) is 101 cm³/mol. The first-order valence-corrected chi connectivity index (χ1v) is 9.47. The second-order valence-corrected chi connectivity index (χ2v) is 7.67. The summed E-state index contributed by atoms with van der Waals surface area (Å²) in [4.78, 5) is 4.10. The minimum Gasteiger partial charge on any atom is -0.354 e. The number of rotatable bonds is 5. The van der Waals surface area contributed by atoms with Crippen molar-refractivity contribution in [3.8, 4) is 0 Å². The van der Waals surface area contributed by atoms with Gasteiger partial charge in [0.25, 0.3) is 10.0 Å². The summed E-state index contributed by atoms with van der Waals surface area (Å²) in [5, 5.41) is 3.72. The molecule has 5 nitrogen and oxygen atoms in total. The molecule has 0 bridgehead atoms. The van der Waals surface area contributed by atoms with Crippen molar-refractivity contribution in [2.24, 2.45) is 0 Å². The highest BCUT2D eigenvalue weighted by atomic mass is 35.5. The molecule has 1 aromatic heterocycles. The van der Waals surface area contributed by atoms with E-state index in [0.717, 1.165) is 11.8 Å². The van der Waals surface area contributed by atoms with Gasteiger partial charge in [0.05, 0.1) is 16.8 Å². The lowest BCUT2D eigenvalue weighted by atomic mass is 10.2. The van der Waals surface area contributed by atoms with Gasteiger partial charge in [0.1, 0.15) is 11.6 Å². The van der Waals surface area contributed by atoms with E-state index in [-0.39, 0.29) is 10.7 Å². The van der Waals surface area contributed by atoms with Crippen LogP contribution in [0.2, 0.25) is 5.02 Å². The summed E-state index contributed by atoms with van der Waals surface area (Å²) in [5.41, 5.74) is 1.78. The van der Waals surface area contributed by atoms with Crippen LogP contribution in [-0.4, -0.2) is 13.4 Å². The van der Waals surface area contributed by atoms with Crippen molar-refractivity contribution in [3.05, 3.63) is 77.2 Å². The van der Waals surface area contributed by atoms with Gasteiger partial charge >= 0.3 is 0 Å². The van der Waals surface area contributed by atoms with Gasteiger partial charge in [-0.1, -0.05) is 17.7 Å². The van der Waals surface area contributed by atoms with Crippen molar-refractivity contribution in [2.45, 2.75) is 11.8 Å². The third-order valence-electron chi connectivity index (χ3n) is 3.54. The Kier molecular flexibility index (Phi) is 5.11. The van der Waals surface area contributed by atoms with Crippen LogP contribution in [0.15, 0.2) is 65.7 Å². The van der Waals surface area contributed by atoms with E-state index in [4.69, 9.17) is 11.6 Å². The molecule has 0 atom stereocenters. The van der Waals surface area contributed by atoms with Crippen LogP contribution in [0.25, 0.3) is 0 Å². The first kappa shape index (κ1) is 18.2. The fraction of sp³-hybridized carbons (Fsp3) is 0.0556. The molecular formula is C18H15ClFN3O2S. The molecule has 3 rings (SSSR count). The number of hydrogen-bond acceptors (Lipinski definition) is 4. The van der Waals surface area contributed by atoms with Crippen molar-refractivity contribution in [2.75, 3.05) is 10.0 Å². The molecular weight excluding hydrogens is 377 g/mol. The smallest absolute Gasteiger partial charge is 0.263 e. The first-order chi connectivity index (χ1) is 12.3. The normalized spacial score (nSPS) is 11.2. The summed E-state index contributed by atoms with van der Waals surface area (Å²) in [6.45, 7) is 1.53. The third kappa shape index (κ3) is 4.30. The molecule has 0 aliphatic rings. The minimum atomic E-state index is -3.86. The van der Waals surface area contributed by atoms with Crippen LogP contribution < -0.4 is 10.0 Å². The van der Waals surface area contributed by atoms with Gasteiger partial charge in [-0.05, 0) is 61.0 Å². The third-order valence-corrected chi connectivity index (χ3v) is 5.29. The van der Waals surface area contributed by atoms with Gasteiger partial charge in [0, 0.05) is 10.7 Å². The lowest BCUT2D eigenvalue weighted by Gasteiger charge is -2.11. The average molecular weight is 392 g/mol. The Morgan fingerprint density at radius 3 is 2.50 bits per heavy atom. The van der Waals surface area contributed by atoms with Crippen molar-refractivity contribution >= 4 is 38.8 Å². The maximum Gasteiger partial charge on any atom is 0.263 e. The summed E-state index contributed by atoms with van der Waals surface area (Å²) >= 11 is 5.93. The van der Waals surface area contributed by atoms with E-state index < -0.39 is 15.8 Å². The number of aryl methyl sites for hydroxylation is 1. The molecule has 0 aliphatic carbocycles. The predicted octanol–water partition coefficient (Wildman–Crippen LogP) is 4.73. The van der Waals surface area contributed by atoms with Crippen molar-refractivity contribution < 1.29 is 12.8 Å². The monoisotopic (exact) mass is 391 g/mol. The van der Waals surface area contributed by atoms with Crippen LogP contribution in [0.5, 0.6) is 0 Å². The van der Waals surface area contributed by atoms with E-state index in [1.165, 1.54) is 31.3 Å². The number of aromatic nitrogens is 1. The van der Waals surface area contributed by atoms with Gasteiger partial charge in [0.2, 0.25) is 0 Å². The summed E-state index contributed by atoms with van der Waals surface area (Å²) in [7, 11) is -3.86. The Hall–Kier alpha value is -2.64. The van der Waals surface area contributed by atoms with Crippen LogP contribution in [0.4, 0.5) is 21.6 Å². The summed E-state index contributed by atoms with van der Waals surface area (Å²) in [6.07, 6.45) is 1.50. The molecule has 0 spiro atoms. The Bertz CT molecular complexity index is 1040. The highest BCUT2D eigenvalue weighted by Gasteiger charge is 2.17. The van der Waals surface area contributed by atoms with Gasteiger partial charge in [-0.2, -0.15) is 0 Å². The number of benzene rings is 2. The second kappa shape index (κ2) is 7.31. The molecule has 3 aromatic rings. The number of pyridine rings is 1. The SMILES string of the molecule is Cc1cc(F)ccc1S(=O)(=O)Nc1ccc(Nc2cccc(Cl)c2)cn1. The lowest BCUT2D eigenvalue weighted by Crippen LogP contribution is -2.15. The van der Waals surface area contributed by atoms with Crippen molar-refractivity contribution in [1.82, 2.24) is 4.98 Å². The Balaban J connectivity index is 1.76. The minimum absolute atomic E-state index is 0.00169. The Morgan fingerprint density at radius 1 is 1.04 bits per heavy atom. The van der Waals surface area contributed by atoms with Crippen molar-refractivity contribution in [1.29, 1.82) is 0 Å². The number of halogens is 2. The van der Waals surface area contributed by atoms with Gasteiger partial charge in [0.15, 0.2) is 0 Å². The van der Waals surface area contributed by atoms with E-state index in [0.29, 0.717) is 16.3 Å². The zero-order chi connectivity index (χ0) is 18.7. The van der Waals surface area contributed by atoms with E-state index in [1.807, 2.05) is 12.1 Å². The quantitative estimate of drug-likeness (QED) is 0.659. The summed E-state index contributed by atoms with van der Waals surface area (Å²) in [6, 6.07) is 13.9. The molecule has 134 valence electrons. The van der Waals surface area contributed by atoms with Crippen LogP contribution in [0.3, 0.4) is 0 Å². The van der Waals surface area contributed by atoms with E-state index in [9.17, 15) is 12.8 Å². The van der Waals surface area contributed by atoms with Crippen LogP contribution >= 0.6 is 11.6 Å². The average Bonchev–Trinajstić information content (AvgIpc) is 2.56. The van der Waals surface area contributed by atoms with E-state index in [2.05, 4.69) is 15.0 Å². The Morgan fingerprint density at radius 2 is 1.85 bits per heavy atom. The molecule has 0 saturated heterocycles. The topological polar surface area (TPSA) is 71.1 Å². The molecule has 26 heavy (non-hydrogen) atoms. The van der Waals surface area contributed by atoms with Crippen LogP contribution in [-0.2, 0) is 10.0 Å². The molecule has 1 heterocycles. The van der Waals surface area contributed by atoms with Gasteiger partial charge in [-0.3, -0.25) is 4.72 Å². The van der Waals surface area contributed by atoms with Gasteiger partial charge in [-0.15, -0.1) is 0 Å². The molecule has 2 aromatic carbocycles. The van der Waals surface area contributed by atoms with Gasteiger partial charge in [-0.25, -0.2) is 17.8 Å². The number of nitrogens with zero attached hydrogens (tertiary/aromatic N) is 1. The summed E-state index contributed by atoms with van der Waals surface area (Å²) < 4.78 is 40.4. The number of nitrogens with one attached hydrogen (secondary N) is 2. The second-order valence-electron chi connectivity index (χ2n) is 5.58. The zero-order valence-electron chi connectivity index (χ0n) is 13.7. The van der Waals surface area contributed by atoms with E-state index in [1.54, 1.807) is 18.2 Å². The fourth-order valence-corrected chi connectivity index (χ4v) is 3.79. The molecule has 0 unspecified atom stereocenters. The maximum absolute atomic E-state index is 13.2. The number of sulfonamides is 1. The standard InChI is InChI=1S/C18H15ClFN3O2S/c1-12-9-14(20)5-7-17(12)26(24,25)23-18-8-6-16(11-21-18)22-15-4-2-3-13(19)10-15/h2-11,22H,1H3,(H,21,23). The zero-order valence-corrected chi connectivity index (χ0v) is 15.3. The first-order valence-electron chi connectivity index (χ1n) is 7.61. The number of anilines is 3. The molecule has 8 heteroatoms. The van der Waals surface area contributed by atoms with Crippen LogP contribution in [0, 0.1) is 12.7 Å². The fourth-order valence-electron chi connectivity index (χ4n) is 2.37. The molecule has 0 fully saturated rings. The highest BCUT2D eigenvalue weighted by Crippen LogP contribution is 2.22. The largest absolute Gasteiger partial charge is 0.354 e. The molecule has 0 radical (unpaired) electrons. The lowest BCUT2D eigenvalue weighted by molar-refractivity contribution is 0.598.